The van der Waals surface area contributed by atoms with Crippen LogP contribution in [0.1, 0.15) is 9.67 Å². The molecule has 1 amide bonds. The van der Waals surface area contributed by atoms with Gasteiger partial charge in [-0.3, -0.25) is 14.9 Å². The molecular formula is C17H14N2O5S. The summed E-state index contributed by atoms with van der Waals surface area (Å²) in [7, 11) is 3.05. The molecule has 3 rings (SSSR count). The van der Waals surface area contributed by atoms with Crippen LogP contribution in [-0.4, -0.2) is 25.1 Å². The molecule has 1 N–H and O–H groups in total. The molecule has 3 aromatic rings. The first-order valence-electron chi connectivity index (χ1n) is 7.23. The Balaban J connectivity index is 1.88. The summed E-state index contributed by atoms with van der Waals surface area (Å²) < 4.78 is 11.2. The van der Waals surface area contributed by atoms with Crippen LogP contribution < -0.4 is 14.8 Å². The average molecular weight is 358 g/mol. The van der Waals surface area contributed by atoms with Crippen molar-refractivity contribution in [2.24, 2.45) is 0 Å². The monoisotopic (exact) mass is 358 g/mol. The molecule has 8 heteroatoms. The standard InChI is InChI=1S/C17H14N2O5S/c1-23-12-4-5-13(14(9-12)24-2)18-17(20)16-8-10-7-11(19(21)22)3-6-15(10)25-16/h3-9H,1-2H3,(H,18,20). The van der Waals surface area contributed by atoms with Crippen LogP contribution in [0.3, 0.4) is 0 Å². The molecule has 0 unspecified atom stereocenters. The third-order valence-electron chi connectivity index (χ3n) is 3.59. The highest BCUT2D eigenvalue weighted by Gasteiger charge is 2.15. The number of anilines is 1. The molecule has 0 saturated heterocycles. The van der Waals surface area contributed by atoms with E-state index < -0.39 is 4.92 Å². The van der Waals surface area contributed by atoms with E-state index in [4.69, 9.17) is 9.47 Å². The molecule has 0 bridgehead atoms. The number of thiophene rings is 1. The number of carbonyl (C=O) groups excluding carboxylic acids is 1. The zero-order chi connectivity index (χ0) is 18.0. The number of rotatable bonds is 5. The van der Waals surface area contributed by atoms with Crippen molar-refractivity contribution in [3.05, 3.63) is 57.5 Å². The van der Waals surface area contributed by atoms with Crippen LogP contribution in [0.25, 0.3) is 10.1 Å². The van der Waals surface area contributed by atoms with E-state index in [1.54, 1.807) is 37.4 Å². The summed E-state index contributed by atoms with van der Waals surface area (Å²) >= 11 is 1.27. The number of hydrogen-bond donors (Lipinski definition) is 1. The minimum Gasteiger partial charge on any atom is -0.497 e. The van der Waals surface area contributed by atoms with Gasteiger partial charge in [-0.2, -0.15) is 0 Å². The smallest absolute Gasteiger partial charge is 0.270 e. The summed E-state index contributed by atoms with van der Waals surface area (Å²) in [6.45, 7) is 0. The maximum atomic E-state index is 12.5. The lowest BCUT2D eigenvalue weighted by molar-refractivity contribution is -0.384. The number of carbonyl (C=O) groups is 1. The highest BCUT2D eigenvalue weighted by atomic mass is 32.1. The Labute approximate surface area is 146 Å². The summed E-state index contributed by atoms with van der Waals surface area (Å²) in [4.78, 5) is 23.4. The third kappa shape index (κ3) is 3.38. The van der Waals surface area contributed by atoms with Crippen molar-refractivity contribution < 1.29 is 19.2 Å². The van der Waals surface area contributed by atoms with Gasteiger partial charge >= 0.3 is 0 Å². The van der Waals surface area contributed by atoms with Crippen molar-refractivity contribution in [3.63, 3.8) is 0 Å². The van der Waals surface area contributed by atoms with Crippen molar-refractivity contribution in [2.45, 2.75) is 0 Å². The van der Waals surface area contributed by atoms with Crippen LogP contribution in [0.2, 0.25) is 0 Å². The first-order valence-corrected chi connectivity index (χ1v) is 8.05. The van der Waals surface area contributed by atoms with E-state index in [0.717, 1.165) is 4.70 Å². The highest BCUT2D eigenvalue weighted by molar-refractivity contribution is 7.20. The molecule has 0 radical (unpaired) electrons. The van der Waals surface area contributed by atoms with Crippen LogP contribution in [0, 0.1) is 10.1 Å². The Morgan fingerprint density at radius 1 is 1.12 bits per heavy atom. The van der Waals surface area contributed by atoms with Crippen molar-refractivity contribution in [1.82, 2.24) is 0 Å². The fourth-order valence-electron chi connectivity index (χ4n) is 2.34. The molecule has 2 aromatic carbocycles. The molecule has 25 heavy (non-hydrogen) atoms. The van der Waals surface area contributed by atoms with Crippen molar-refractivity contribution >= 4 is 38.7 Å². The predicted octanol–water partition coefficient (Wildman–Crippen LogP) is 4.08. The molecule has 0 aliphatic rings. The largest absolute Gasteiger partial charge is 0.497 e. The van der Waals surface area contributed by atoms with Gasteiger partial charge in [0.25, 0.3) is 11.6 Å². The molecule has 1 aromatic heterocycles. The number of nitrogens with one attached hydrogen (secondary N) is 1. The van der Waals surface area contributed by atoms with E-state index in [2.05, 4.69) is 5.32 Å². The normalized spacial score (nSPS) is 10.5. The molecule has 7 nitrogen and oxygen atoms in total. The van der Waals surface area contributed by atoms with Crippen LogP contribution in [0.15, 0.2) is 42.5 Å². The van der Waals surface area contributed by atoms with E-state index in [9.17, 15) is 14.9 Å². The maximum Gasteiger partial charge on any atom is 0.270 e. The van der Waals surface area contributed by atoms with Crippen LogP contribution >= 0.6 is 11.3 Å². The van der Waals surface area contributed by atoms with Crippen molar-refractivity contribution in [3.8, 4) is 11.5 Å². The van der Waals surface area contributed by atoms with Gasteiger partial charge < -0.3 is 14.8 Å². The second kappa shape index (κ2) is 6.78. The lowest BCUT2D eigenvalue weighted by Gasteiger charge is -2.10. The fourth-order valence-corrected chi connectivity index (χ4v) is 3.28. The maximum absolute atomic E-state index is 12.5. The summed E-state index contributed by atoms with van der Waals surface area (Å²) in [5.41, 5.74) is 0.505. The number of ether oxygens (including phenoxy) is 2. The Morgan fingerprint density at radius 2 is 1.92 bits per heavy atom. The zero-order valence-corrected chi connectivity index (χ0v) is 14.3. The lowest BCUT2D eigenvalue weighted by Crippen LogP contribution is -2.11. The SMILES string of the molecule is COc1ccc(NC(=O)c2cc3cc([N+](=O)[O-])ccc3s2)c(OC)c1. The molecule has 0 spiro atoms. The quantitative estimate of drug-likeness (QED) is 0.548. The van der Waals surface area contributed by atoms with Gasteiger partial charge in [-0.05, 0) is 24.3 Å². The molecule has 0 saturated carbocycles. The van der Waals surface area contributed by atoms with Gasteiger partial charge in [0, 0.05) is 28.3 Å². The number of amides is 1. The molecule has 1 heterocycles. The summed E-state index contributed by atoms with van der Waals surface area (Å²) in [5.74, 6) is 0.779. The topological polar surface area (TPSA) is 90.7 Å². The Morgan fingerprint density at radius 3 is 2.60 bits per heavy atom. The first kappa shape index (κ1) is 16.7. The van der Waals surface area contributed by atoms with Gasteiger partial charge in [0.1, 0.15) is 11.5 Å². The Kier molecular flexibility index (Phi) is 4.53. The zero-order valence-electron chi connectivity index (χ0n) is 13.4. The number of nitrogens with zero attached hydrogens (tertiary/aromatic N) is 1. The van der Waals surface area contributed by atoms with Gasteiger partial charge in [-0.15, -0.1) is 11.3 Å². The van der Waals surface area contributed by atoms with E-state index in [1.165, 1.54) is 30.6 Å². The minimum absolute atomic E-state index is 0.00548. The second-order valence-electron chi connectivity index (χ2n) is 5.11. The number of nitro benzene ring substituents is 1. The van der Waals surface area contributed by atoms with Crippen LogP contribution in [-0.2, 0) is 0 Å². The Bertz CT molecular complexity index is 967. The number of benzene rings is 2. The molecule has 128 valence electrons. The minimum atomic E-state index is -0.459. The number of hydrogen-bond acceptors (Lipinski definition) is 6. The van der Waals surface area contributed by atoms with Gasteiger partial charge in [-0.25, -0.2) is 0 Å². The number of nitro groups is 1. The van der Waals surface area contributed by atoms with Gasteiger partial charge in [0.05, 0.1) is 29.7 Å². The van der Waals surface area contributed by atoms with Crippen LogP contribution in [0.5, 0.6) is 11.5 Å². The molecule has 0 aliphatic heterocycles. The Hall–Kier alpha value is -3.13. The predicted molar refractivity (Wildman–Crippen MR) is 96.0 cm³/mol. The van der Waals surface area contributed by atoms with Crippen molar-refractivity contribution in [1.29, 1.82) is 0 Å². The van der Waals surface area contributed by atoms with Gasteiger partial charge in [-0.1, -0.05) is 0 Å². The van der Waals surface area contributed by atoms with E-state index >= 15 is 0 Å². The third-order valence-corrected chi connectivity index (χ3v) is 4.71. The van der Waals surface area contributed by atoms with Gasteiger partial charge in [0.15, 0.2) is 0 Å². The molecule has 0 aliphatic carbocycles. The number of fused-ring (bicyclic) bond motifs is 1. The fraction of sp³-hybridized carbons (Fsp3) is 0.118. The average Bonchev–Trinajstić information content (AvgIpc) is 3.05. The van der Waals surface area contributed by atoms with E-state index in [-0.39, 0.29) is 11.6 Å². The second-order valence-corrected chi connectivity index (χ2v) is 6.19. The van der Waals surface area contributed by atoms with Crippen LogP contribution in [0.4, 0.5) is 11.4 Å². The molecule has 0 fully saturated rings. The van der Waals surface area contributed by atoms with E-state index in [0.29, 0.717) is 27.4 Å². The first-order chi connectivity index (χ1) is 12.0. The number of non-ortho nitro benzene ring substituents is 1. The molecule has 0 atom stereocenters. The van der Waals surface area contributed by atoms with E-state index in [1.807, 2.05) is 0 Å². The lowest BCUT2D eigenvalue weighted by atomic mass is 10.2. The number of methoxy groups -OCH3 is 2. The summed E-state index contributed by atoms with van der Waals surface area (Å²) in [6, 6.07) is 11.2. The highest BCUT2D eigenvalue weighted by Crippen LogP contribution is 2.32. The van der Waals surface area contributed by atoms with Crippen molar-refractivity contribution in [2.75, 3.05) is 19.5 Å². The molecular weight excluding hydrogens is 344 g/mol. The summed E-state index contributed by atoms with van der Waals surface area (Å²) in [5, 5.41) is 14.3. The summed E-state index contributed by atoms with van der Waals surface area (Å²) in [6.07, 6.45) is 0. The van der Waals surface area contributed by atoms with Gasteiger partial charge in [0.2, 0.25) is 0 Å².